The molecular weight excluding hydrogens is 140 g/mol. The van der Waals surface area contributed by atoms with Crippen molar-refractivity contribution in [3.8, 4) is 0 Å². The van der Waals surface area contributed by atoms with Gasteiger partial charge < -0.3 is 4.74 Å². The molecule has 1 saturated heterocycles. The summed E-state index contributed by atoms with van der Waals surface area (Å²) >= 11 is 0. The highest BCUT2D eigenvalue weighted by Crippen LogP contribution is 2.49. The monoisotopic (exact) mass is 150 g/mol. The second-order valence-electron chi connectivity index (χ2n) is 3.77. The van der Waals surface area contributed by atoms with E-state index in [4.69, 9.17) is 4.74 Å². The van der Waals surface area contributed by atoms with Crippen LogP contribution in [0.3, 0.4) is 0 Å². The minimum atomic E-state index is 0.0124. The Labute approximate surface area is 65.2 Å². The first-order chi connectivity index (χ1) is 5.34. The van der Waals surface area contributed by atoms with Gasteiger partial charge in [-0.2, -0.15) is 0 Å². The summed E-state index contributed by atoms with van der Waals surface area (Å²) in [5.41, 5.74) is 0. The molecule has 1 heterocycles. The van der Waals surface area contributed by atoms with Gasteiger partial charge in [0.05, 0.1) is 6.42 Å². The lowest BCUT2D eigenvalue weighted by atomic mass is 9.90. The van der Waals surface area contributed by atoms with E-state index in [1.54, 1.807) is 0 Å². The third-order valence-corrected chi connectivity index (χ3v) is 3.21. The standard InChI is InChI=1S/C9H10O2/c10-8-4-7-5-1-2-6(3-5)9(7)11-8/h1-2,5-7,9H,3-4H2. The Morgan fingerprint density at radius 3 is 3.00 bits per heavy atom. The fourth-order valence-electron chi connectivity index (χ4n) is 2.71. The number of esters is 1. The molecule has 11 heavy (non-hydrogen) atoms. The Morgan fingerprint density at radius 2 is 2.18 bits per heavy atom. The molecule has 0 amide bonds. The van der Waals surface area contributed by atoms with Crippen molar-refractivity contribution in [1.29, 1.82) is 0 Å². The predicted octanol–water partition coefficient (Wildman–Crippen LogP) is 1.12. The summed E-state index contributed by atoms with van der Waals surface area (Å²) in [7, 11) is 0. The molecule has 1 aliphatic heterocycles. The largest absolute Gasteiger partial charge is 0.461 e. The van der Waals surface area contributed by atoms with Crippen LogP contribution in [0.5, 0.6) is 0 Å². The van der Waals surface area contributed by atoms with Crippen LogP contribution in [-0.2, 0) is 9.53 Å². The summed E-state index contributed by atoms with van der Waals surface area (Å²) in [5, 5.41) is 0. The van der Waals surface area contributed by atoms with Crippen LogP contribution in [0.15, 0.2) is 12.2 Å². The Kier molecular flexibility index (Phi) is 0.888. The molecule has 4 atom stereocenters. The Bertz CT molecular complexity index is 222. The van der Waals surface area contributed by atoms with Gasteiger partial charge in [-0.25, -0.2) is 0 Å². The van der Waals surface area contributed by atoms with Gasteiger partial charge in [-0.3, -0.25) is 4.79 Å². The lowest BCUT2D eigenvalue weighted by Crippen LogP contribution is -2.20. The van der Waals surface area contributed by atoms with Gasteiger partial charge in [0.15, 0.2) is 0 Å². The summed E-state index contributed by atoms with van der Waals surface area (Å²) < 4.78 is 5.23. The van der Waals surface area contributed by atoms with E-state index in [0.29, 0.717) is 24.2 Å². The average molecular weight is 150 g/mol. The number of carbonyl (C=O) groups is 1. The maximum absolute atomic E-state index is 10.9. The third-order valence-electron chi connectivity index (χ3n) is 3.21. The molecule has 0 spiro atoms. The molecule has 0 radical (unpaired) electrons. The predicted molar refractivity (Wildman–Crippen MR) is 38.7 cm³/mol. The van der Waals surface area contributed by atoms with E-state index in [9.17, 15) is 4.79 Å². The smallest absolute Gasteiger partial charge is 0.306 e. The highest BCUT2D eigenvalue weighted by Gasteiger charge is 2.51. The second kappa shape index (κ2) is 1.68. The topological polar surface area (TPSA) is 26.3 Å². The maximum Gasteiger partial charge on any atom is 0.306 e. The van der Waals surface area contributed by atoms with E-state index in [1.165, 1.54) is 6.42 Å². The van der Waals surface area contributed by atoms with Crippen LogP contribution in [0.25, 0.3) is 0 Å². The van der Waals surface area contributed by atoms with Gasteiger partial charge in [-0.15, -0.1) is 0 Å². The van der Waals surface area contributed by atoms with Crippen molar-refractivity contribution in [3.63, 3.8) is 0 Å². The molecule has 2 heteroatoms. The summed E-state index contributed by atoms with van der Waals surface area (Å²) in [6.07, 6.45) is 6.61. The lowest BCUT2D eigenvalue weighted by Gasteiger charge is -2.16. The zero-order valence-electron chi connectivity index (χ0n) is 6.19. The molecule has 2 aliphatic carbocycles. The molecule has 4 unspecified atom stereocenters. The van der Waals surface area contributed by atoms with Crippen molar-refractivity contribution in [2.75, 3.05) is 0 Å². The maximum atomic E-state index is 10.9. The normalized spacial score (nSPS) is 51.5. The summed E-state index contributed by atoms with van der Waals surface area (Å²) in [6.45, 7) is 0. The lowest BCUT2D eigenvalue weighted by molar-refractivity contribution is -0.142. The molecule has 0 aromatic rings. The first kappa shape index (κ1) is 5.81. The van der Waals surface area contributed by atoms with Crippen LogP contribution in [0, 0.1) is 17.8 Å². The second-order valence-corrected chi connectivity index (χ2v) is 3.77. The minimum Gasteiger partial charge on any atom is -0.461 e. The summed E-state index contributed by atoms with van der Waals surface area (Å²) in [4.78, 5) is 10.9. The molecule has 2 fully saturated rings. The molecule has 3 aliphatic rings. The van der Waals surface area contributed by atoms with Crippen molar-refractivity contribution in [3.05, 3.63) is 12.2 Å². The van der Waals surface area contributed by atoms with Crippen LogP contribution >= 0.6 is 0 Å². The van der Waals surface area contributed by atoms with Crippen molar-refractivity contribution < 1.29 is 9.53 Å². The van der Waals surface area contributed by atoms with Crippen molar-refractivity contribution in [2.45, 2.75) is 18.9 Å². The van der Waals surface area contributed by atoms with E-state index in [2.05, 4.69) is 12.2 Å². The summed E-state index contributed by atoms with van der Waals surface area (Å²) in [5.74, 6) is 1.74. The number of rotatable bonds is 0. The first-order valence-electron chi connectivity index (χ1n) is 4.22. The molecule has 58 valence electrons. The number of fused-ring (bicyclic) bond motifs is 5. The van der Waals surface area contributed by atoms with Gasteiger partial charge in [0, 0.05) is 11.8 Å². The number of ether oxygens (including phenoxy) is 1. The molecule has 2 nitrogen and oxygen atoms in total. The highest BCUT2D eigenvalue weighted by atomic mass is 16.6. The van der Waals surface area contributed by atoms with Gasteiger partial charge in [0.25, 0.3) is 0 Å². The van der Waals surface area contributed by atoms with Crippen LogP contribution in [-0.4, -0.2) is 12.1 Å². The third kappa shape index (κ3) is 0.602. The SMILES string of the molecule is O=C1CC2C3C=CC(C3)C2O1. The fourth-order valence-corrected chi connectivity index (χ4v) is 2.71. The zero-order valence-corrected chi connectivity index (χ0v) is 6.19. The molecule has 0 N–H and O–H groups in total. The zero-order chi connectivity index (χ0) is 7.42. The van der Waals surface area contributed by atoms with E-state index >= 15 is 0 Å². The van der Waals surface area contributed by atoms with E-state index in [-0.39, 0.29) is 12.1 Å². The van der Waals surface area contributed by atoms with E-state index in [0.717, 1.165) is 0 Å². The van der Waals surface area contributed by atoms with Gasteiger partial charge >= 0.3 is 5.97 Å². The Balaban J connectivity index is 1.97. The number of allylic oxidation sites excluding steroid dienone is 1. The highest BCUT2D eigenvalue weighted by molar-refractivity contribution is 5.72. The molecule has 3 rings (SSSR count). The van der Waals surface area contributed by atoms with E-state index in [1.807, 2.05) is 0 Å². The molecule has 2 bridgehead atoms. The quantitative estimate of drug-likeness (QED) is 0.382. The van der Waals surface area contributed by atoms with Crippen LogP contribution in [0.2, 0.25) is 0 Å². The number of hydrogen-bond acceptors (Lipinski definition) is 2. The van der Waals surface area contributed by atoms with Gasteiger partial charge in [0.1, 0.15) is 6.10 Å². The summed E-state index contributed by atoms with van der Waals surface area (Å²) in [6, 6.07) is 0. The first-order valence-corrected chi connectivity index (χ1v) is 4.22. The van der Waals surface area contributed by atoms with Crippen LogP contribution < -0.4 is 0 Å². The fraction of sp³-hybridized carbons (Fsp3) is 0.667. The van der Waals surface area contributed by atoms with Crippen molar-refractivity contribution in [2.24, 2.45) is 17.8 Å². The van der Waals surface area contributed by atoms with E-state index < -0.39 is 0 Å². The molecular formula is C9H10O2. The van der Waals surface area contributed by atoms with Gasteiger partial charge in [-0.05, 0) is 12.3 Å². The number of carbonyl (C=O) groups excluding carboxylic acids is 1. The Morgan fingerprint density at radius 1 is 1.36 bits per heavy atom. The van der Waals surface area contributed by atoms with Crippen molar-refractivity contribution in [1.82, 2.24) is 0 Å². The Hall–Kier alpha value is -0.790. The molecule has 0 aromatic carbocycles. The minimum absolute atomic E-state index is 0.0124. The molecule has 0 aromatic heterocycles. The number of hydrogen-bond donors (Lipinski definition) is 0. The van der Waals surface area contributed by atoms with Crippen molar-refractivity contribution >= 4 is 5.97 Å². The van der Waals surface area contributed by atoms with Gasteiger partial charge in [0.2, 0.25) is 0 Å². The average Bonchev–Trinajstić information content (AvgIpc) is 2.53. The van der Waals surface area contributed by atoms with Gasteiger partial charge in [-0.1, -0.05) is 12.2 Å². The molecule has 1 saturated carbocycles. The van der Waals surface area contributed by atoms with Crippen LogP contribution in [0.4, 0.5) is 0 Å². The van der Waals surface area contributed by atoms with Crippen LogP contribution in [0.1, 0.15) is 12.8 Å².